The molecule has 1 aromatic rings. The predicted octanol–water partition coefficient (Wildman–Crippen LogP) is 0.496. The zero-order chi connectivity index (χ0) is 19.4. The van der Waals surface area contributed by atoms with Gasteiger partial charge >= 0.3 is 0 Å². The lowest BCUT2D eigenvalue weighted by Gasteiger charge is -2.38. The molecule has 3 rings (SSSR count). The van der Waals surface area contributed by atoms with Crippen molar-refractivity contribution < 1.29 is 23.8 Å². The molecule has 0 radical (unpaired) electrons. The summed E-state index contributed by atoms with van der Waals surface area (Å²) >= 11 is 0. The van der Waals surface area contributed by atoms with Crippen LogP contribution in [0.25, 0.3) is 0 Å². The van der Waals surface area contributed by atoms with Crippen molar-refractivity contribution in [2.45, 2.75) is 18.4 Å². The Morgan fingerprint density at radius 2 is 2.15 bits per heavy atom. The Hall–Kier alpha value is -2.32. The first kappa shape index (κ1) is 19.4. The fourth-order valence-corrected chi connectivity index (χ4v) is 3.53. The number of nitrogens with zero attached hydrogens (tertiary/aromatic N) is 2. The number of rotatable bonds is 6. The molecular weight excluding hydrogens is 350 g/mol. The van der Waals surface area contributed by atoms with Gasteiger partial charge in [-0.1, -0.05) is 0 Å². The maximum atomic E-state index is 13.0. The van der Waals surface area contributed by atoms with Gasteiger partial charge in [-0.05, 0) is 37.6 Å². The molecule has 1 aromatic carbocycles. The molecule has 27 heavy (non-hydrogen) atoms. The highest BCUT2D eigenvalue weighted by molar-refractivity contribution is 5.95. The van der Waals surface area contributed by atoms with Gasteiger partial charge in [0.2, 0.25) is 5.91 Å². The number of carbonyl (C=O) groups is 2. The average molecular weight is 377 g/mol. The van der Waals surface area contributed by atoms with Gasteiger partial charge in [0.15, 0.2) is 11.5 Å². The van der Waals surface area contributed by atoms with E-state index in [-0.39, 0.29) is 18.4 Å². The number of likely N-dealkylation sites (tertiary alicyclic amines) is 1. The van der Waals surface area contributed by atoms with Gasteiger partial charge in [0.05, 0.1) is 26.8 Å². The summed E-state index contributed by atoms with van der Waals surface area (Å²) in [6.45, 7) is 2.64. The van der Waals surface area contributed by atoms with Crippen LogP contribution in [0, 0.1) is 0 Å². The van der Waals surface area contributed by atoms with Gasteiger partial charge in [0, 0.05) is 19.2 Å². The zero-order valence-corrected chi connectivity index (χ0v) is 15.9. The quantitative estimate of drug-likeness (QED) is 0.726. The summed E-state index contributed by atoms with van der Waals surface area (Å²) in [5.41, 5.74) is 5.57. The van der Waals surface area contributed by atoms with Crippen LogP contribution < -0.4 is 15.2 Å². The maximum absolute atomic E-state index is 13.0. The van der Waals surface area contributed by atoms with E-state index in [1.165, 1.54) is 0 Å². The first-order valence-electron chi connectivity index (χ1n) is 9.16. The van der Waals surface area contributed by atoms with Crippen molar-refractivity contribution in [1.82, 2.24) is 9.80 Å². The summed E-state index contributed by atoms with van der Waals surface area (Å²) < 4.78 is 16.8. The highest BCUT2D eigenvalue weighted by Gasteiger charge is 2.45. The van der Waals surface area contributed by atoms with Crippen LogP contribution >= 0.6 is 0 Å². The molecule has 2 fully saturated rings. The Labute approximate surface area is 159 Å². The Kier molecular flexibility index (Phi) is 5.86. The van der Waals surface area contributed by atoms with Gasteiger partial charge in [-0.2, -0.15) is 0 Å². The molecule has 8 nitrogen and oxygen atoms in total. The Balaban J connectivity index is 1.70. The number of morpholine rings is 1. The first-order valence-corrected chi connectivity index (χ1v) is 9.16. The van der Waals surface area contributed by atoms with Crippen molar-refractivity contribution in [1.29, 1.82) is 0 Å². The number of hydrogen-bond acceptors (Lipinski definition) is 6. The van der Waals surface area contributed by atoms with Gasteiger partial charge in [0.1, 0.15) is 12.2 Å². The second-order valence-electron chi connectivity index (χ2n) is 7.05. The molecule has 0 bridgehead atoms. The van der Waals surface area contributed by atoms with Crippen molar-refractivity contribution >= 4 is 11.8 Å². The van der Waals surface area contributed by atoms with Crippen molar-refractivity contribution in [3.8, 4) is 11.5 Å². The van der Waals surface area contributed by atoms with Crippen LogP contribution in [0.1, 0.15) is 23.2 Å². The molecule has 0 saturated carbocycles. The SMILES string of the molecule is COc1ccc(C(=O)N2CCC3(CN(C)C(=O)CO3)C2)cc1OCCCN. The molecule has 0 aliphatic carbocycles. The third-order valence-corrected chi connectivity index (χ3v) is 5.07. The topological polar surface area (TPSA) is 94.3 Å². The largest absolute Gasteiger partial charge is 0.493 e. The van der Waals surface area contributed by atoms with Crippen LogP contribution in [0.4, 0.5) is 0 Å². The third kappa shape index (κ3) is 4.17. The van der Waals surface area contributed by atoms with E-state index in [1.807, 2.05) is 0 Å². The second-order valence-corrected chi connectivity index (χ2v) is 7.05. The smallest absolute Gasteiger partial charge is 0.254 e. The standard InChI is InChI=1S/C19H27N3O5/c1-21-12-19(27-11-17(21)23)6-8-22(13-19)18(24)14-4-5-15(25-2)16(10-14)26-9-3-7-20/h4-5,10H,3,6-9,11-13,20H2,1-2H3. The number of hydrogen-bond donors (Lipinski definition) is 1. The maximum Gasteiger partial charge on any atom is 0.254 e. The molecule has 1 spiro atoms. The van der Waals surface area contributed by atoms with E-state index < -0.39 is 5.60 Å². The van der Waals surface area contributed by atoms with Gasteiger partial charge in [-0.25, -0.2) is 0 Å². The van der Waals surface area contributed by atoms with Crippen LogP contribution in [0.15, 0.2) is 18.2 Å². The van der Waals surface area contributed by atoms with Crippen molar-refractivity contribution in [2.75, 3.05) is 53.6 Å². The average Bonchev–Trinajstić information content (AvgIpc) is 3.08. The number of benzene rings is 1. The summed E-state index contributed by atoms with van der Waals surface area (Å²) in [7, 11) is 3.33. The van der Waals surface area contributed by atoms with Gasteiger partial charge in [-0.15, -0.1) is 0 Å². The van der Waals surface area contributed by atoms with Crippen LogP contribution in [-0.4, -0.2) is 80.8 Å². The fourth-order valence-electron chi connectivity index (χ4n) is 3.53. The van der Waals surface area contributed by atoms with Crippen molar-refractivity contribution in [2.24, 2.45) is 5.73 Å². The normalized spacial score (nSPS) is 22.4. The summed E-state index contributed by atoms with van der Waals surface area (Å²) in [5, 5.41) is 0. The number of nitrogens with two attached hydrogens (primary N) is 1. The molecule has 1 atom stereocenters. The van der Waals surface area contributed by atoms with Crippen LogP contribution in [0.5, 0.6) is 11.5 Å². The minimum atomic E-state index is -0.467. The molecule has 148 valence electrons. The lowest BCUT2D eigenvalue weighted by molar-refractivity contribution is -0.158. The van der Waals surface area contributed by atoms with E-state index in [4.69, 9.17) is 19.9 Å². The molecule has 8 heteroatoms. The summed E-state index contributed by atoms with van der Waals surface area (Å²) in [6, 6.07) is 5.18. The van der Waals surface area contributed by atoms with E-state index in [0.717, 1.165) is 6.42 Å². The highest BCUT2D eigenvalue weighted by atomic mass is 16.5. The molecule has 2 aliphatic heterocycles. The van der Waals surface area contributed by atoms with Gasteiger partial charge < -0.3 is 29.7 Å². The Bertz CT molecular complexity index is 711. The minimum absolute atomic E-state index is 0.0279. The highest BCUT2D eigenvalue weighted by Crippen LogP contribution is 2.32. The lowest BCUT2D eigenvalue weighted by Crippen LogP contribution is -2.54. The predicted molar refractivity (Wildman–Crippen MR) is 99.0 cm³/mol. The monoisotopic (exact) mass is 377 g/mol. The summed E-state index contributed by atoms with van der Waals surface area (Å²) in [6.07, 6.45) is 1.44. The Morgan fingerprint density at radius 3 is 2.85 bits per heavy atom. The molecule has 2 heterocycles. The molecule has 2 amide bonds. The van der Waals surface area contributed by atoms with E-state index in [9.17, 15) is 9.59 Å². The zero-order valence-electron chi connectivity index (χ0n) is 15.9. The van der Waals surface area contributed by atoms with Gasteiger partial charge in [-0.3, -0.25) is 9.59 Å². The number of ether oxygens (including phenoxy) is 3. The molecular formula is C19H27N3O5. The van der Waals surface area contributed by atoms with E-state index >= 15 is 0 Å². The summed E-state index contributed by atoms with van der Waals surface area (Å²) in [5.74, 6) is 1.00. The molecule has 2 aliphatic rings. The number of amides is 2. The molecule has 0 aromatic heterocycles. The van der Waals surface area contributed by atoms with E-state index in [1.54, 1.807) is 42.2 Å². The van der Waals surface area contributed by atoms with Crippen LogP contribution in [0.3, 0.4) is 0 Å². The van der Waals surface area contributed by atoms with Crippen LogP contribution in [0.2, 0.25) is 0 Å². The van der Waals surface area contributed by atoms with Gasteiger partial charge in [0.25, 0.3) is 5.91 Å². The van der Waals surface area contributed by atoms with Crippen molar-refractivity contribution in [3.05, 3.63) is 23.8 Å². The fraction of sp³-hybridized carbons (Fsp3) is 0.579. The first-order chi connectivity index (χ1) is 13.0. The number of likely N-dealkylation sites (N-methyl/N-ethyl adjacent to an activating group) is 1. The number of carbonyl (C=O) groups excluding carboxylic acids is 2. The molecule has 1 unspecified atom stereocenters. The Morgan fingerprint density at radius 1 is 1.33 bits per heavy atom. The lowest BCUT2D eigenvalue weighted by atomic mass is 10.0. The molecule has 2 N–H and O–H groups in total. The third-order valence-electron chi connectivity index (χ3n) is 5.07. The van der Waals surface area contributed by atoms with Crippen molar-refractivity contribution in [3.63, 3.8) is 0 Å². The van der Waals surface area contributed by atoms with E-state index in [2.05, 4.69) is 0 Å². The molecule has 2 saturated heterocycles. The number of methoxy groups -OCH3 is 1. The second kappa shape index (κ2) is 8.14. The van der Waals surface area contributed by atoms with E-state index in [0.29, 0.717) is 56.3 Å². The van der Waals surface area contributed by atoms with Crippen LogP contribution in [-0.2, 0) is 9.53 Å². The summed E-state index contributed by atoms with van der Waals surface area (Å²) in [4.78, 5) is 28.1. The minimum Gasteiger partial charge on any atom is -0.493 e.